The number of aliphatic hydroxyl groups excluding tert-OH is 1. The third-order valence-electron chi connectivity index (χ3n) is 4.40. The van der Waals surface area contributed by atoms with Crippen molar-refractivity contribution in [1.82, 2.24) is 19.9 Å². The van der Waals surface area contributed by atoms with Crippen LogP contribution in [0.5, 0.6) is 0 Å². The number of rotatable bonds is 3. The Hall–Kier alpha value is -1.72. The topological polar surface area (TPSA) is 54.2 Å². The number of benzene rings is 1. The van der Waals surface area contributed by atoms with Crippen LogP contribution in [0.3, 0.4) is 0 Å². The molecule has 1 N–H and O–H groups in total. The molecule has 5 heteroatoms. The average Bonchev–Trinajstić information content (AvgIpc) is 2.99. The number of nitrogens with zero attached hydrogens (tertiary/aromatic N) is 4. The molecule has 2 unspecified atom stereocenters. The molecule has 21 heavy (non-hydrogen) atoms. The molecule has 1 saturated heterocycles. The van der Waals surface area contributed by atoms with Crippen LogP contribution in [0.25, 0.3) is 11.3 Å². The van der Waals surface area contributed by atoms with E-state index in [0.29, 0.717) is 12.0 Å². The smallest absolute Gasteiger partial charge is 0.113 e. The monoisotopic (exact) mass is 286 g/mol. The number of aromatic nitrogens is 3. The third kappa shape index (κ3) is 2.99. The molecule has 0 radical (unpaired) electrons. The summed E-state index contributed by atoms with van der Waals surface area (Å²) in [5, 5.41) is 17.7. The van der Waals surface area contributed by atoms with E-state index in [1.54, 1.807) is 0 Å². The van der Waals surface area contributed by atoms with E-state index in [1.807, 2.05) is 35.1 Å². The molecule has 1 aliphatic rings. The van der Waals surface area contributed by atoms with Gasteiger partial charge in [0, 0.05) is 12.1 Å². The summed E-state index contributed by atoms with van der Waals surface area (Å²) in [7, 11) is 2.16. The van der Waals surface area contributed by atoms with Crippen molar-refractivity contribution in [3.63, 3.8) is 0 Å². The van der Waals surface area contributed by atoms with Gasteiger partial charge in [-0.3, -0.25) is 0 Å². The molecule has 2 atom stereocenters. The highest BCUT2D eigenvalue weighted by Gasteiger charge is 2.26. The fourth-order valence-electron chi connectivity index (χ4n) is 2.90. The minimum Gasteiger partial charge on any atom is -0.392 e. The van der Waals surface area contributed by atoms with E-state index in [1.165, 1.54) is 6.42 Å². The predicted octanol–water partition coefficient (Wildman–Crippen LogP) is 1.95. The zero-order valence-electron chi connectivity index (χ0n) is 12.6. The summed E-state index contributed by atoms with van der Waals surface area (Å²) in [6.07, 6.45) is 3.23. The Morgan fingerprint density at radius 3 is 2.76 bits per heavy atom. The van der Waals surface area contributed by atoms with E-state index in [9.17, 15) is 0 Å². The second kappa shape index (κ2) is 5.95. The second-order valence-electron chi connectivity index (χ2n) is 6.03. The van der Waals surface area contributed by atoms with Crippen LogP contribution in [0.4, 0.5) is 0 Å². The Balaban J connectivity index is 1.81. The highest BCUT2D eigenvalue weighted by molar-refractivity contribution is 5.57. The maximum Gasteiger partial charge on any atom is 0.113 e. The Bertz CT molecular complexity index is 593. The molecule has 0 saturated carbocycles. The normalized spacial score (nSPS) is 23.4. The Labute approximate surface area is 125 Å². The van der Waals surface area contributed by atoms with Crippen LogP contribution in [0.15, 0.2) is 30.5 Å². The number of likely N-dealkylation sites (N-methyl/N-ethyl adjacent to an activating group) is 1. The minimum atomic E-state index is 0.0683. The fraction of sp³-hybridized carbons (Fsp3) is 0.500. The van der Waals surface area contributed by atoms with Crippen molar-refractivity contribution in [3.05, 3.63) is 36.0 Å². The molecule has 0 spiro atoms. The first-order valence-electron chi connectivity index (χ1n) is 7.48. The molecule has 3 rings (SSSR count). The summed E-state index contributed by atoms with van der Waals surface area (Å²) in [6.45, 7) is 4.53. The van der Waals surface area contributed by atoms with Crippen LogP contribution in [0, 0.1) is 5.92 Å². The Kier molecular flexibility index (Phi) is 4.03. The maximum absolute atomic E-state index is 9.09. The zero-order chi connectivity index (χ0) is 14.8. The zero-order valence-corrected chi connectivity index (χ0v) is 12.6. The highest BCUT2D eigenvalue weighted by Crippen LogP contribution is 2.27. The summed E-state index contributed by atoms with van der Waals surface area (Å²) in [5.74, 6) is 0.618. The van der Waals surface area contributed by atoms with Gasteiger partial charge in [-0.15, -0.1) is 5.10 Å². The first kappa shape index (κ1) is 14.2. The quantitative estimate of drug-likeness (QED) is 0.937. The molecule has 0 aliphatic carbocycles. The summed E-state index contributed by atoms with van der Waals surface area (Å²) in [6, 6.07) is 8.20. The molecule has 5 nitrogen and oxygen atoms in total. The number of hydrogen-bond acceptors (Lipinski definition) is 4. The maximum atomic E-state index is 9.09. The summed E-state index contributed by atoms with van der Waals surface area (Å²) < 4.78 is 2.01. The molecule has 2 heterocycles. The van der Waals surface area contributed by atoms with Gasteiger partial charge in [0.1, 0.15) is 5.69 Å². The van der Waals surface area contributed by atoms with E-state index in [4.69, 9.17) is 5.11 Å². The Morgan fingerprint density at radius 1 is 1.29 bits per heavy atom. The van der Waals surface area contributed by atoms with Crippen molar-refractivity contribution in [1.29, 1.82) is 0 Å². The molecule has 0 bridgehead atoms. The van der Waals surface area contributed by atoms with E-state index < -0.39 is 0 Å². The predicted molar refractivity (Wildman–Crippen MR) is 81.7 cm³/mol. The van der Waals surface area contributed by atoms with Crippen LogP contribution in [-0.4, -0.2) is 45.1 Å². The highest BCUT2D eigenvalue weighted by atomic mass is 16.3. The standard InChI is InChI=1S/C16H22N4O/c1-12-7-8-19(2)10-16(12)20-9-15(17-18-20)14-5-3-13(11-21)4-6-14/h3-6,9,12,16,21H,7-8,10-11H2,1-2H3. The van der Waals surface area contributed by atoms with Gasteiger partial charge in [0.25, 0.3) is 0 Å². The van der Waals surface area contributed by atoms with Gasteiger partial charge in [-0.25, -0.2) is 4.68 Å². The van der Waals surface area contributed by atoms with Crippen molar-refractivity contribution < 1.29 is 5.11 Å². The van der Waals surface area contributed by atoms with Crippen molar-refractivity contribution in [2.75, 3.05) is 20.1 Å². The fourth-order valence-corrected chi connectivity index (χ4v) is 2.90. The Morgan fingerprint density at radius 2 is 2.05 bits per heavy atom. The lowest BCUT2D eigenvalue weighted by Crippen LogP contribution is -2.38. The van der Waals surface area contributed by atoms with E-state index in [0.717, 1.165) is 29.9 Å². The third-order valence-corrected chi connectivity index (χ3v) is 4.40. The van der Waals surface area contributed by atoms with Crippen molar-refractivity contribution in [2.24, 2.45) is 5.92 Å². The van der Waals surface area contributed by atoms with Gasteiger partial charge in [0.15, 0.2) is 0 Å². The lowest BCUT2D eigenvalue weighted by atomic mass is 9.94. The van der Waals surface area contributed by atoms with Crippen LogP contribution < -0.4 is 0 Å². The van der Waals surface area contributed by atoms with Crippen LogP contribution in [0.1, 0.15) is 24.9 Å². The molecule has 1 aliphatic heterocycles. The van der Waals surface area contributed by atoms with Crippen LogP contribution in [-0.2, 0) is 6.61 Å². The van der Waals surface area contributed by atoms with Gasteiger partial charge in [0.2, 0.25) is 0 Å². The van der Waals surface area contributed by atoms with E-state index >= 15 is 0 Å². The molecule has 112 valence electrons. The van der Waals surface area contributed by atoms with Crippen LogP contribution >= 0.6 is 0 Å². The van der Waals surface area contributed by atoms with Gasteiger partial charge >= 0.3 is 0 Å². The van der Waals surface area contributed by atoms with Gasteiger partial charge in [-0.1, -0.05) is 36.4 Å². The molecule has 1 aromatic carbocycles. The van der Waals surface area contributed by atoms with Gasteiger partial charge in [-0.2, -0.15) is 0 Å². The first-order valence-corrected chi connectivity index (χ1v) is 7.48. The van der Waals surface area contributed by atoms with E-state index in [2.05, 4.69) is 29.2 Å². The van der Waals surface area contributed by atoms with Crippen molar-refractivity contribution in [2.45, 2.75) is 26.0 Å². The molecule has 2 aromatic rings. The molecule has 0 amide bonds. The molecular weight excluding hydrogens is 264 g/mol. The second-order valence-corrected chi connectivity index (χ2v) is 6.03. The first-order chi connectivity index (χ1) is 10.2. The summed E-state index contributed by atoms with van der Waals surface area (Å²) in [4.78, 5) is 2.35. The molecule has 1 fully saturated rings. The van der Waals surface area contributed by atoms with Gasteiger partial charge < -0.3 is 10.0 Å². The number of hydrogen-bond donors (Lipinski definition) is 1. The van der Waals surface area contributed by atoms with Gasteiger partial charge in [-0.05, 0) is 31.5 Å². The lowest BCUT2D eigenvalue weighted by molar-refractivity contribution is 0.147. The molecule has 1 aromatic heterocycles. The molecular formula is C16H22N4O. The van der Waals surface area contributed by atoms with Crippen molar-refractivity contribution >= 4 is 0 Å². The van der Waals surface area contributed by atoms with Gasteiger partial charge in [0.05, 0.1) is 18.8 Å². The minimum absolute atomic E-state index is 0.0683. The van der Waals surface area contributed by atoms with Crippen LogP contribution in [0.2, 0.25) is 0 Å². The average molecular weight is 286 g/mol. The number of piperidine rings is 1. The van der Waals surface area contributed by atoms with Crippen molar-refractivity contribution in [3.8, 4) is 11.3 Å². The largest absolute Gasteiger partial charge is 0.392 e. The summed E-state index contributed by atoms with van der Waals surface area (Å²) in [5.41, 5.74) is 2.84. The summed E-state index contributed by atoms with van der Waals surface area (Å²) >= 11 is 0. The number of likely N-dealkylation sites (tertiary alicyclic amines) is 1. The SMILES string of the molecule is CC1CCN(C)CC1n1cc(-c2ccc(CO)cc2)nn1. The van der Waals surface area contributed by atoms with E-state index in [-0.39, 0.29) is 6.61 Å². The lowest BCUT2D eigenvalue weighted by Gasteiger charge is -2.34. The number of aliphatic hydroxyl groups is 1.